The van der Waals surface area contributed by atoms with Gasteiger partial charge in [0.1, 0.15) is 0 Å². The monoisotopic (exact) mass is 621 g/mol. The predicted octanol–water partition coefficient (Wildman–Crippen LogP) is 5.96. The molecule has 1 N–H and O–H groups in total. The van der Waals surface area contributed by atoms with Crippen LogP contribution >= 0.6 is 11.6 Å². The number of amides is 1. The molecule has 10 nitrogen and oxygen atoms in total. The van der Waals surface area contributed by atoms with Crippen LogP contribution in [0.25, 0.3) is 0 Å². The van der Waals surface area contributed by atoms with E-state index in [0.29, 0.717) is 27.4 Å². The van der Waals surface area contributed by atoms with Gasteiger partial charge >= 0.3 is 6.16 Å². The zero-order valence-electron chi connectivity index (χ0n) is 23.5. The fourth-order valence-electron chi connectivity index (χ4n) is 4.01. The van der Waals surface area contributed by atoms with Gasteiger partial charge in [0, 0.05) is 10.6 Å². The highest BCUT2D eigenvalue weighted by molar-refractivity contribution is 7.92. The van der Waals surface area contributed by atoms with E-state index in [2.05, 4.69) is 15.3 Å². The smallest absolute Gasteiger partial charge is 0.493 e. The van der Waals surface area contributed by atoms with E-state index in [-0.39, 0.29) is 22.9 Å². The standard InChI is InChI=1S/C31H28ClN3O7S/c1-21-9-15-25(32)18-27(21)35(43(38,39)26-7-5-4-6-8-26)20-22-10-13-24(14-11-22)30(36)34-33-19-23-12-16-28(29(17-23)40-2)42-31(37)41-3/h4-19H,20H2,1-3H3,(H,34,36)/b33-19-. The summed E-state index contributed by atoms with van der Waals surface area (Å²) in [6.45, 7) is 1.82. The second-order valence-corrected chi connectivity index (χ2v) is 11.4. The third-order valence-corrected chi connectivity index (χ3v) is 8.25. The van der Waals surface area contributed by atoms with Crippen LogP contribution in [0, 0.1) is 6.92 Å². The van der Waals surface area contributed by atoms with Gasteiger partial charge in [-0.15, -0.1) is 0 Å². The van der Waals surface area contributed by atoms with Crippen molar-refractivity contribution in [3.05, 3.63) is 118 Å². The van der Waals surface area contributed by atoms with Gasteiger partial charge in [0.15, 0.2) is 11.5 Å². The van der Waals surface area contributed by atoms with E-state index < -0.39 is 22.1 Å². The molecular weight excluding hydrogens is 594 g/mol. The number of ether oxygens (including phenoxy) is 3. The van der Waals surface area contributed by atoms with E-state index in [4.69, 9.17) is 21.1 Å². The molecular formula is C31H28ClN3O7S. The van der Waals surface area contributed by atoms with E-state index in [0.717, 1.165) is 5.56 Å². The zero-order chi connectivity index (χ0) is 31.0. The summed E-state index contributed by atoms with van der Waals surface area (Å²) in [4.78, 5) is 24.2. The van der Waals surface area contributed by atoms with E-state index in [1.807, 2.05) is 6.92 Å². The number of rotatable bonds is 10. The minimum absolute atomic E-state index is 0.00990. The third-order valence-electron chi connectivity index (χ3n) is 6.24. The minimum Gasteiger partial charge on any atom is -0.493 e. The summed E-state index contributed by atoms with van der Waals surface area (Å²) in [6, 6.07) is 24.4. The van der Waals surface area contributed by atoms with Gasteiger partial charge in [-0.25, -0.2) is 18.6 Å². The van der Waals surface area contributed by atoms with Crippen LogP contribution in [0.4, 0.5) is 10.5 Å². The summed E-state index contributed by atoms with van der Waals surface area (Å²) >= 11 is 6.24. The molecule has 0 aliphatic carbocycles. The fourth-order valence-corrected chi connectivity index (χ4v) is 5.70. The molecule has 43 heavy (non-hydrogen) atoms. The van der Waals surface area contributed by atoms with Crippen molar-refractivity contribution in [1.82, 2.24) is 5.43 Å². The van der Waals surface area contributed by atoms with Crippen molar-refractivity contribution in [3.8, 4) is 11.5 Å². The topological polar surface area (TPSA) is 124 Å². The Balaban J connectivity index is 1.49. The van der Waals surface area contributed by atoms with Crippen LogP contribution in [0.1, 0.15) is 27.0 Å². The summed E-state index contributed by atoms with van der Waals surface area (Å²) in [5.74, 6) is -0.0382. The third kappa shape index (κ3) is 7.70. The molecule has 0 fully saturated rings. The maximum Gasteiger partial charge on any atom is 0.513 e. The number of sulfonamides is 1. The Hall–Kier alpha value is -4.87. The van der Waals surface area contributed by atoms with Crippen LogP contribution in [0.15, 0.2) is 101 Å². The second-order valence-electron chi connectivity index (χ2n) is 9.12. The lowest BCUT2D eigenvalue weighted by atomic mass is 10.1. The molecule has 0 aliphatic heterocycles. The number of methoxy groups -OCH3 is 2. The van der Waals surface area contributed by atoms with Crippen molar-refractivity contribution in [3.63, 3.8) is 0 Å². The summed E-state index contributed by atoms with van der Waals surface area (Å²) in [5.41, 5.74) is 5.18. The van der Waals surface area contributed by atoms with Crippen LogP contribution in [0.5, 0.6) is 11.5 Å². The van der Waals surface area contributed by atoms with E-state index >= 15 is 0 Å². The number of nitrogens with one attached hydrogen (secondary N) is 1. The Labute approximate surface area is 254 Å². The van der Waals surface area contributed by atoms with Gasteiger partial charge in [0.25, 0.3) is 15.9 Å². The molecule has 12 heteroatoms. The molecule has 4 rings (SSSR count). The molecule has 0 unspecified atom stereocenters. The SMILES string of the molecule is COC(=O)Oc1ccc(/C=N\NC(=O)c2ccc(CN(c3cc(Cl)ccc3C)S(=O)(=O)c3ccccc3)cc2)cc1OC. The number of aryl methyl sites for hydroxylation is 1. The van der Waals surface area contributed by atoms with E-state index in [1.165, 1.54) is 42.9 Å². The highest BCUT2D eigenvalue weighted by Gasteiger charge is 2.26. The Morgan fingerprint density at radius 3 is 2.33 bits per heavy atom. The number of nitrogens with zero attached hydrogens (tertiary/aromatic N) is 2. The van der Waals surface area contributed by atoms with Crippen LogP contribution in [0.2, 0.25) is 5.02 Å². The molecule has 0 aromatic heterocycles. The van der Waals surface area contributed by atoms with Gasteiger partial charge in [-0.1, -0.05) is 48.0 Å². The number of hydrazone groups is 1. The summed E-state index contributed by atoms with van der Waals surface area (Å²) in [5, 5.41) is 4.39. The fraction of sp³-hybridized carbons (Fsp3) is 0.129. The maximum atomic E-state index is 13.7. The number of halogens is 1. The first-order valence-electron chi connectivity index (χ1n) is 12.8. The lowest BCUT2D eigenvalue weighted by Crippen LogP contribution is -2.31. The van der Waals surface area contributed by atoms with Crippen LogP contribution in [-0.4, -0.2) is 40.9 Å². The summed E-state index contributed by atoms with van der Waals surface area (Å²) < 4.78 is 43.4. The number of hydrogen-bond acceptors (Lipinski definition) is 8. The molecule has 0 atom stereocenters. The average Bonchev–Trinajstić information content (AvgIpc) is 3.02. The van der Waals surface area contributed by atoms with Crippen molar-refractivity contribution in [2.45, 2.75) is 18.4 Å². The van der Waals surface area contributed by atoms with Gasteiger partial charge in [-0.3, -0.25) is 9.10 Å². The van der Waals surface area contributed by atoms with E-state index in [1.54, 1.807) is 72.8 Å². The van der Waals surface area contributed by atoms with E-state index in [9.17, 15) is 18.0 Å². The lowest BCUT2D eigenvalue weighted by molar-refractivity contribution is 0.0954. The number of anilines is 1. The highest BCUT2D eigenvalue weighted by atomic mass is 35.5. The Bertz CT molecular complexity index is 1750. The summed E-state index contributed by atoms with van der Waals surface area (Å²) in [6.07, 6.45) is 0.513. The maximum absolute atomic E-state index is 13.7. The second kappa shape index (κ2) is 13.9. The van der Waals surface area contributed by atoms with Crippen molar-refractivity contribution < 1.29 is 32.2 Å². The number of carbonyl (C=O) groups is 2. The van der Waals surface area contributed by atoms with Crippen LogP contribution in [0.3, 0.4) is 0 Å². The van der Waals surface area contributed by atoms with Crippen molar-refractivity contribution >= 4 is 45.6 Å². The molecule has 0 bridgehead atoms. The first-order chi connectivity index (χ1) is 20.6. The lowest BCUT2D eigenvalue weighted by Gasteiger charge is -2.26. The first kappa shape index (κ1) is 31.1. The molecule has 222 valence electrons. The minimum atomic E-state index is -3.94. The summed E-state index contributed by atoms with van der Waals surface area (Å²) in [7, 11) is -1.33. The molecule has 4 aromatic rings. The van der Waals surface area contributed by atoms with Gasteiger partial charge in [0.05, 0.1) is 37.6 Å². The zero-order valence-corrected chi connectivity index (χ0v) is 25.1. The van der Waals surface area contributed by atoms with Crippen molar-refractivity contribution in [2.75, 3.05) is 18.5 Å². The quantitative estimate of drug-likeness (QED) is 0.100. The van der Waals surface area contributed by atoms with Crippen LogP contribution in [-0.2, 0) is 21.3 Å². The molecule has 0 radical (unpaired) electrons. The molecule has 0 saturated carbocycles. The molecule has 0 spiro atoms. The van der Waals surface area contributed by atoms with Gasteiger partial charge in [-0.05, 0) is 78.2 Å². The number of hydrogen-bond donors (Lipinski definition) is 1. The van der Waals surface area contributed by atoms with Crippen molar-refractivity contribution in [1.29, 1.82) is 0 Å². The molecule has 4 aromatic carbocycles. The Morgan fingerprint density at radius 1 is 0.930 bits per heavy atom. The van der Waals surface area contributed by atoms with Gasteiger partial charge < -0.3 is 14.2 Å². The molecule has 0 saturated heterocycles. The first-order valence-corrected chi connectivity index (χ1v) is 14.6. The van der Waals surface area contributed by atoms with Crippen LogP contribution < -0.4 is 19.2 Å². The number of benzene rings is 4. The highest BCUT2D eigenvalue weighted by Crippen LogP contribution is 2.31. The Morgan fingerprint density at radius 2 is 1.65 bits per heavy atom. The largest absolute Gasteiger partial charge is 0.513 e. The molecule has 1 amide bonds. The number of carbonyl (C=O) groups excluding carboxylic acids is 2. The normalized spacial score (nSPS) is 11.2. The van der Waals surface area contributed by atoms with Gasteiger partial charge in [-0.2, -0.15) is 5.10 Å². The van der Waals surface area contributed by atoms with Crippen molar-refractivity contribution in [2.24, 2.45) is 5.10 Å². The average molecular weight is 622 g/mol. The predicted molar refractivity (Wildman–Crippen MR) is 164 cm³/mol. The van der Waals surface area contributed by atoms with Gasteiger partial charge in [0.2, 0.25) is 0 Å². The Kier molecular flexibility index (Phi) is 10.0. The molecule has 0 heterocycles. The molecule has 0 aliphatic rings.